The Morgan fingerprint density at radius 1 is 1.19 bits per heavy atom. The van der Waals surface area contributed by atoms with Crippen LogP contribution in [0.3, 0.4) is 0 Å². The third-order valence-corrected chi connectivity index (χ3v) is 5.91. The monoisotopic (exact) mass is 366 g/mol. The highest BCUT2D eigenvalue weighted by molar-refractivity contribution is 5.75. The molecule has 3 heterocycles. The maximum Gasteiger partial charge on any atom is 0.123 e. The van der Waals surface area contributed by atoms with Gasteiger partial charge in [0.15, 0.2) is 0 Å². The molecule has 0 N–H and O–H groups in total. The van der Waals surface area contributed by atoms with Crippen molar-refractivity contribution in [3.63, 3.8) is 0 Å². The quantitative estimate of drug-likeness (QED) is 0.696. The van der Waals surface area contributed by atoms with Crippen LogP contribution in [0.5, 0.6) is 0 Å². The first kappa shape index (κ1) is 18.2. The first-order valence-electron chi connectivity index (χ1n) is 9.80. The van der Waals surface area contributed by atoms with Gasteiger partial charge in [0, 0.05) is 38.4 Å². The van der Waals surface area contributed by atoms with Gasteiger partial charge in [-0.15, -0.1) is 0 Å². The Kier molecular flexibility index (Phi) is 5.02. The second-order valence-corrected chi connectivity index (χ2v) is 8.05. The van der Waals surface area contributed by atoms with Crippen molar-refractivity contribution in [2.75, 3.05) is 27.2 Å². The van der Waals surface area contributed by atoms with Gasteiger partial charge in [0.25, 0.3) is 0 Å². The molecule has 1 saturated heterocycles. The van der Waals surface area contributed by atoms with Crippen molar-refractivity contribution in [3.8, 4) is 0 Å². The van der Waals surface area contributed by atoms with Crippen molar-refractivity contribution >= 4 is 11.0 Å². The number of imidazole rings is 1. The van der Waals surface area contributed by atoms with E-state index < -0.39 is 0 Å². The molecule has 1 fully saturated rings. The predicted octanol–water partition coefficient (Wildman–Crippen LogP) is 2.82. The van der Waals surface area contributed by atoms with E-state index >= 15 is 0 Å². The van der Waals surface area contributed by atoms with E-state index in [9.17, 15) is 0 Å². The number of rotatable bonds is 5. The Balaban J connectivity index is 1.50. The van der Waals surface area contributed by atoms with Crippen LogP contribution in [0.15, 0.2) is 36.7 Å². The Morgan fingerprint density at radius 2 is 2.00 bits per heavy atom. The normalized spacial score (nSPS) is 21.4. The van der Waals surface area contributed by atoms with E-state index in [1.807, 2.05) is 17.9 Å². The summed E-state index contributed by atoms with van der Waals surface area (Å²) in [5.41, 5.74) is 3.61. The van der Waals surface area contributed by atoms with Gasteiger partial charge in [-0.25, -0.2) is 4.98 Å². The zero-order valence-electron chi connectivity index (χ0n) is 16.8. The molecule has 6 nitrogen and oxygen atoms in total. The Bertz CT molecular complexity index is 910. The summed E-state index contributed by atoms with van der Waals surface area (Å²) in [6, 6.07) is 8.80. The lowest BCUT2D eigenvalue weighted by Crippen LogP contribution is -2.41. The molecular formula is C21H30N6. The number of piperidine rings is 1. The minimum Gasteiger partial charge on any atom is -0.330 e. The fourth-order valence-electron chi connectivity index (χ4n) is 4.61. The summed E-state index contributed by atoms with van der Waals surface area (Å²) in [4.78, 5) is 9.76. The van der Waals surface area contributed by atoms with Crippen LogP contribution < -0.4 is 0 Å². The molecule has 0 aliphatic carbocycles. The number of likely N-dealkylation sites (tertiary alicyclic amines) is 1. The van der Waals surface area contributed by atoms with Gasteiger partial charge < -0.3 is 4.57 Å². The van der Waals surface area contributed by atoms with Crippen LogP contribution in [-0.4, -0.2) is 56.3 Å². The second kappa shape index (κ2) is 7.44. The van der Waals surface area contributed by atoms with E-state index in [0.29, 0.717) is 12.0 Å². The molecule has 0 spiro atoms. The molecule has 2 aromatic heterocycles. The number of aryl methyl sites for hydroxylation is 2. The van der Waals surface area contributed by atoms with Crippen molar-refractivity contribution in [3.05, 3.63) is 48.0 Å². The number of nitrogens with zero attached hydrogens (tertiary/aromatic N) is 6. The summed E-state index contributed by atoms with van der Waals surface area (Å²) in [5.74, 6) is 1.73. The summed E-state index contributed by atoms with van der Waals surface area (Å²) in [6.07, 6.45) is 6.73. The topological polar surface area (TPSA) is 42.1 Å². The number of benzene rings is 1. The van der Waals surface area contributed by atoms with E-state index in [0.717, 1.165) is 31.0 Å². The largest absolute Gasteiger partial charge is 0.330 e. The van der Waals surface area contributed by atoms with Gasteiger partial charge in [-0.2, -0.15) is 5.10 Å². The highest BCUT2D eigenvalue weighted by Gasteiger charge is 2.32. The van der Waals surface area contributed by atoms with E-state index in [1.165, 1.54) is 23.9 Å². The summed E-state index contributed by atoms with van der Waals surface area (Å²) >= 11 is 0. The van der Waals surface area contributed by atoms with Crippen molar-refractivity contribution in [1.29, 1.82) is 0 Å². The third-order valence-electron chi connectivity index (χ3n) is 5.91. The van der Waals surface area contributed by atoms with Crippen molar-refractivity contribution in [2.45, 2.75) is 25.4 Å². The van der Waals surface area contributed by atoms with Gasteiger partial charge in [0.1, 0.15) is 5.82 Å². The van der Waals surface area contributed by atoms with Crippen molar-refractivity contribution in [1.82, 2.24) is 29.1 Å². The van der Waals surface area contributed by atoms with Gasteiger partial charge in [0.2, 0.25) is 0 Å². The van der Waals surface area contributed by atoms with Crippen LogP contribution in [0.4, 0.5) is 0 Å². The molecule has 144 valence electrons. The SMILES string of the molecule is CN(Cc1nc2ccccc2n1C)C[C@@H]1CCCN(C)[C@H]1c1cnn(C)c1. The van der Waals surface area contributed by atoms with Gasteiger partial charge in [-0.3, -0.25) is 14.5 Å². The maximum absolute atomic E-state index is 4.84. The number of hydrogen-bond acceptors (Lipinski definition) is 4. The summed E-state index contributed by atoms with van der Waals surface area (Å²) in [5, 5.41) is 4.41. The lowest BCUT2D eigenvalue weighted by atomic mass is 9.86. The molecule has 1 aromatic carbocycles. The van der Waals surface area contributed by atoms with Crippen LogP contribution in [0.25, 0.3) is 11.0 Å². The fraction of sp³-hybridized carbons (Fsp3) is 0.524. The Labute approximate surface area is 161 Å². The van der Waals surface area contributed by atoms with E-state index in [1.54, 1.807) is 0 Å². The maximum atomic E-state index is 4.84. The average molecular weight is 367 g/mol. The molecule has 27 heavy (non-hydrogen) atoms. The summed E-state index contributed by atoms with van der Waals surface area (Å²) in [7, 11) is 8.58. The highest BCUT2D eigenvalue weighted by atomic mass is 15.3. The molecule has 2 atom stereocenters. The molecule has 0 radical (unpaired) electrons. The number of fused-ring (bicyclic) bond motifs is 1. The Morgan fingerprint density at radius 3 is 2.74 bits per heavy atom. The molecule has 3 aromatic rings. The Hall–Kier alpha value is -2.18. The number of aromatic nitrogens is 4. The van der Waals surface area contributed by atoms with E-state index in [2.05, 4.69) is 71.1 Å². The van der Waals surface area contributed by atoms with Crippen LogP contribution in [0.2, 0.25) is 0 Å². The van der Waals surface area contributed by atoms with Gasteiger partial charge in [-0.1, -0.05) is 12.1 Å². The molecule has 0 bridgehead atoms. The van der Waals surface area contributed by atoms with Crippen molar-refractivity contribution < 1.29 is 0 Å². The zero-order chi connectivity index (χ0) is 19.0. The van der Waals surface area contributed by atoms with E-state index in [4.69, 9.17) is 4.98 Å². The van der Waals surface area contributed by atoms with Gasteiger partial charge in [0.05, 0.1) is 23.8 Å². The summed E-state index contributed by atoms with van der Waals surface area (Å²) < 4.78 is 4.13. The molecule has 0 unspecified atom stereocenters. The first-order valence-corrected chi connectivity index (χ1v) is 9.80. The molecule has 6 heteroatoms. The number of hydrogen-bond donors (Lipinski definition) is 0. The molecule has 1 aliphatic heterocycles. The van der Waals surface area contributed by atoms with E-state index in [-0.39, 0.29) is 0 Å². The second-order valence-electron chi connectivity index (χ2n) is 8.05. The molecule has 4 rings (SSSR count). The van der Waals surface area contributed by atoms with Gasteiger partial charge >= 0.3 is 0 Å². The lowest BCUT2D eigenvalue weighted by Gasteiger charge is -2.40. The lowest BCUT2D eigenvalue weighted by molar-refractivity contribution is 0.0917. The third kappa shape index (κ3) is 3.64. The van der Waals surface area contributed by atoms with Crippen LogP contribution >= 0.6 is 0 Å². The zero-order valence-corrected chi connectivity index (χ0v) is 16.8. The van der Waals surface area contributed by atoms with Gasteiger partial charge in [-0.05, 0) is 51.5 Å². The van der Waals surface area contributed by atoms with Crippen LogP contribution in [0, 0.1) is 5.92 Å². The van der Waals surface area contributed by atoms with Crippen molar-refractivity contribution in [2.24, 2.45) is 20.0 Å². The molecular weight excluding hydrogens is 336 g/mol. The predicted molar refractivity (Wildman–Crippen MR) is 108 cm³/mol. The highest BCUT2D eigenvalue weighted by Crippen LogP contribution is 2.35. The standard InChI is InChI=1S/C21H30N6/c1-24(15-20-23-18-9-5-6-10-19(18)27(20)4)13-16-8-7-11-25(2)21(16)17-12-22-26(3)14-17/h5-6,9-10,12,14,16,21H,7-8,11,13,15H2,1-4H3/t16-,21+/m0/s1. The average Bonchev–Trinajstić information content (AvgIpc) is 3.19. The molecule has 0 amide bonds. The fourth-order valence-corrected chi connectivity index (χ4v) is 4.61. The van der Waals surface area contributed by atoms with Crippen LogP contribution in [-0.2, 0) is 20.6 Å². The first-order chi connectivity index (χ1) is 13.0. The number of para-hydroxylation sites is 2. The molecule has 0 saturated carbocycles. The van der Waals surface area contributed by atoms with Crippen LogP contribution in [0.1, 0.15) is 30.3 Å². The minimum atomic E-state index is 0.440. The molecule has 1 aliphatic rings. The minimum absolute atomic E-state index is 0.440. The smallest absolute Gasteiger partial charge is 0.123 e. The summed E-state index contributed by atoms with van der Waals surface area (Å²) in [6.45, 7) is 3.09.